The summed E-state index contributed by atoms with van der Waals surface area (Å²) in [6, 6.07) is -0.655. The lowest BCUT2D eigenvalue weighted by Gasteiger charge is -2.47. The second-order valence-electron chi connectivity index (χ2n) is 5.36. The highest BCUT2D eigenvalue weighted by atomic mass is 32.2. The number of amides is 2. The molecule has 1 aliphatic heterocycles. The van der Waals surface area contributed by atoms with Gasteiger partial charge in [-0.1, -0.05) is 13.3 Å². The van der Waals surface area contributed by atoms with E-state index in [-0.39, 0.29) is 28.6 Å². The zero-order valence-electron chi connectivity index (χ0n) is 11.4. The fourth-order valence-electron chi connectivity index (χ4n) is 2.82. The summed E-state index contributed by atoms with van der Waals surface area (Å²) in [5.41, 5.74) is 0. The smallest absolute Gasteiger partial charge is 0.245 e. The lowest BCUT2D eigenvalue weighted by atomic mass is 9.83. The Balaban J connectivity index is 2.15. The number of thioether (sulfide) groups is 1. The summed E-state index contributed by atoms with van der Waals surface area (Å²) in [6.45, 7) is 4.46. The average Bonchev–Trinajstić information content (AvgIpc) is 2.30. The van der Waals surface area contributed by atoms with E-state index in [1.807, 2.05) is 23.6 Å². The van der Waals surface area contributed by atoms with Crippen LogP contribution in [0.2, 0.25) is 0 Å². The van der Waals surface area contributed by atoms with Crippen molar-refractivity contribution in [2.45, 2.75) is 56.4 Å². The molecule has 5 heteroatoms. The van der Waals surface area contributed by atoms with Gasteiger partial charge in [0.25, 0.3) is 0 Å². The Morgan fingerprint density at radius 2 is 2.11 bits per heavy atom. The molecule has 2 atom stereocenters. The molecule has 0 aromatic rings. The SMILES string of the molecule is CCC1C(=O)NC(C)C(=O)N1CC1(SC)CCC1. The second-order valence-corrected chi connectivity index (χ2v) is 6.64. The van der Waals surface area contributed by atoms with E-state index in [4.69, 9.17) is 0 Å². The van der Waals surface area contributed by atoms with Gasteiger partial charge in [0.2, 0.25) is 11.8 Å². The van der Waals surface area contributed by atoms with Gasteiger partial charge in [-0.05, 0) is 32.4 Å². The Morgan fingerprint density at radius 1 is 1.44 bits per heavy atom. The second kappa shape index (κ2) is 5.11. The molecule has 18 heavy (non-hydrogen) atoms. The Morgan fingerprint density at radius 3 is 2.56 bits per heavy atom. The van der Waals surface area contributed by atoms with Crippen LogP contribution >= 0.6 is 11.8 Å². The predicted octanol–water partition coefficient (Wildman–Crippen LogP) is 1.40. The number of nitrogens with zero attached hydrogens (tertiary/aromatic N) is 1. The standard InChI is InChI=1S/C13H22N2O2S/c1-4-10-11(16)14-9(2)12(17)15(10)8-13(18-3)6-5-7-13/h9-10H,4-8H2,1-3H3,(H,14,16). The topological polar surface area (TPSA) is 49.4 Å². The minimum atomic E-state index is -0.376. The van der Waals surface area contributed by atoms with Gasteiger partial charge in [0.1, 0.15) is 12.1 Å². The van der Waals surface area contributed by atoms with Crippen LogP contribution in [0.5, 0.6) is 0 Å². The third-order valence-corrected chi connectivity index (χ3v) is 5.64. The third-order valence-electron chi connectivity index (χ3n) is 4.23. The zero-order valence-corrected chi connectivity index (χ0v) is 12.2. The van der Waals surface area contributed by atoms with Crippen LogP contribution in [0.3, 0.4) is 0 Å². The van der Waals surface area contributed by atoms with E-state index in [1.165, 1.54) is 6.42 Å². The van der Waals surface area contributed by atoms with Crippen LogP contribution in [-0.2, 0) is 9.59 Å². The monoisotopic (exact) mass is 270 g/mol. The molecule has 1 heterocycles. The predicted molar refractivity (Wildman–Crippen MR) is 73.5 cm³/mol. The number of carbonyl (C=O) groups is 2. The summed E-state index contributed by atoms with van der Waals surface area (Å²) in [7, 11) is 0. The van der Waals surface area contributed by atoms with Gasteiger partial charge >= 0.3 is 0 Å². The molecule has 1 N–H and O–H groups in total. The Kier molecular flexibility index (Phi) is 3.90. The van der Waals surface area contributed by atoms with Crippen molar-refractivity contribution in [1.82, 2.24) is 10.2 Å². The van der Waals surface area contributed by atoms with Crippen LogP contribution in [0.1, 0.15) is 39.5 Å². The maximum absolute atomic E-state index is 12.3. The normalized spacial score (nSPS) is 30.9. The minimum absolute atomic E-state index is 0.000163. The first-order valence-electron chi connectivity index (χ1n) is 6.69. The molecule has 102 valence electrons. The molecule has 1 saturated carbocycles. The fourth-order valence-corrected chi connectivity index (χ4v) is 3.78. The van der Waals surface area contributed by atoms with Crippen LogP contribution < -0.4 is 5.32 Å². The number of hydrogen-bond acceptors (Lipinski definition) is 3. The van der Waals surface area contributed by atoms with E-state index < -0.39 is 0 Å². The van der Waals surface area contributed by atoms with Crippen molar-refractivity contribution >= 4 is 23.6 Å². The molecule has 1 aliphatic carbocycles. The summed E-state index contributed by atoms with van der Waals surface area (Å²) in [5, 5.41) is 2.76. The minimum Gasteiger partial charge on any atom is -0.343 e. The van der Waals surface area contributed by atoms with Gasteiger partial charge in [0.15, 0.2) is 0 Å². The number of hydrogen-bond donors (Lipinski definition) is 1. The van der Waals surface area contributed by atoms with Crippen molar-refractivity contribution in [1.29, 1.82) is 0 Å². The highest BCUT2D eigenvalue weighted by Gasteiger charge is 2.44. The first-order valence-corrected chi connectivity index (χ1v) is 7.91. The molecule has 4 nitrogen and oxygen atoms in total. The molecule has 0 aromatic carbocycles. The van der Waals surface area contributed by atoms with E-state index in [0.717, 1.165) is 19.4 Å². The van der Waals surface area contributed by atoms with E-state index in [2.05, 4.69) is 11.6 Å². The molecular formula is C13H22N2O2S. The first-order chi connectivity index (χ1) is 8.53. The number of piperazine rings is 1. The zero-order chi connectivity index (χ0) is 13.3. The van der Waals surface area contributed by atoms with Crippen LogP contribution in [0.15, 0.2) is 0 Å². The Labute approximate surface area is 113 Å². The molecular weight excluding hydrogens is 248 g/mol. The number of nitrogens with one attached hydrogen (secondary N) is 1. The van der Waals surface area contributed by atoms with Crippen molar-refractivity contribution in [3.05, 3.63) is 0 Å². The molecule has 0 bridgehead atoms. The molecule has 2 fully saturated rings. The third kappa shape index (κ3) is 2.25. The summed E-state index contributed by atoms with van der Waals surface area (Å²) in [5.74, 6) is 0.0713. The summed E-state index contributed by atoms with van der Waals surface area (Å²) in [4.78, 5) is 26.1. The van der Waals surface area contributed by atoms with Gasteiger partial charge in [-0.15, -0.1) is 0 Å². The summed E-state index contributed by atoms with van der Waals surface area (Å²) >= 11 is 1.84. The maximum atomic E-state index is 12.3. The van der Waals surface area contributed by atoms with Gasteiger partial charge in [0.05, 0.1) is 0 Å². The summed E-state index contributed by atoms with van der Waals surface area (Å²) in [6.07, 6.45) is 6.35. The van der Waals surface area contributed by atoms with Crippen molar-refractivity contribution in [2.24, 2.45) is 0 Å². The average molecular weight is 270 g/mol. The van der Waals surface area contributed by atoms with Gasteiger partial charge in [-0.25, -0.2) is 0 Å². The van der Waals surface area contributed by atoms with Gasteiger partial charge in [-0.3, -0.25) is 9.59 Å². The highest BCUT2D eigenvalue weighted by Crippen LogP contribution is 2.44. The van der Waals surface area contributed by atoms with Crippen LogP contribution in [0.25, 0.3) is 0 Å². The van der Waals surface area contributed by atoms with Crippen LogP contribution in [-0.4, -0.2) is 46.3 Å². The van der Waals surface area contributed by atoms with Gasteiger partial charge < -0.3 is 10.2 Å². The fraction of sp³-hybridized carbons (Fsp3) is 0.846. The van der Waals surface area contributed by atoms with E-state index >= 15 is 0 Å². The van der Waals surface area contributed by atoms with Crippen molar-refractivity contribution in [3.8, 4) is 0 Å². The Hall–Kier alpha value is -0.710. The summed E-state index contributed by atoms with van der Waals surface area (Å²) < 4.78 is 0.195. The van der Waals surface area contributed by atoms with Crippen molar-refractivity contribution < 1.29 is 9.59 Å². The lowest BCUT2D eigenvalue weighted by molar-refractivity contribution is -0.149. The van der Waals surface area contributed by atoms with Crippen molar-refractivity contribution in [2.75, 3.05) is 12.8 Å². The maximum Gasteiger partial charge on any atom is 0.245 e. The number of rotatable bonds is 4. The van der Waals surface area contributed by atoms with Gasteiger partial charge in [0, 0.05) is 11.3 Å². The lowest BCUT2D eigenvalue weighted by Crippen LogP contribution is -2.65. The van der Waals surface area contributed by atoms with E-state index in [9.17, 15) is 9.59 Å². The van der Waals surface area contributed by atoms with Crippen LogP contribution in [0, 0.1) is 0 Å². The van der Waals surface area contributed by atoms with Crippen LogP contribution in [0.4, 0.5) is 0 Å². The molecule has 2 aliphatic rings. The quantitative estimate of drug-likeness (QED) is 0.840. The van der Waals surface area contributed by atoms with Crippen molar-refractivity contribution in [3.63, 3.8) is 0 Å². The molecule has 0 spiro atoms. The van der Waals surface area contributed by atoms with E-state index in [0.29, 0.717) is 6.42 Å². The largest absolute Gasteiger partial charge is 0.343 e. The molecule has 2 unspecified atom stereocenters. The molecule has 1 saturated heterocycles. The van der Waals surface area contributed by atoms with E-state index in [1.54, 1.807) is 6.92 Å². The number of carbonyl (C=O) groups excluding carboxylic acids is 2. The Bertz CT molecular complexity index is 349. The van der Waals surface area contributed by atoms with Gasteiger partial charge in [-0.2, -0.15) is 11.8 Å². The molecule has 2 rings (SSSR count). The molecule has 0 aromatic heterocycles. The first kappa shape index (κ1) is 13.7. The molecule has 2 amide bonds. The molecule has 0 radical (unpaired) electrons. The highest BCUT2D eigenvalue weighted by molar-refractivity contribution is 8.00.